The highest BCUT2D eigenvalue weighted by Gasteiger charge is 2.46. The third kappa shape index (κ3) is 4.46. The minimum atomic E-state index is -1.69. The number of carboxylic acids is 2. The van der Waals surface area contributed by atoms with Crippen LogP contribution < -0.4 is 0 Å². The van der Waals surface area contributed by atoms with Crippen molar-refractivity contribution in [3.8, 4) is 0 Å². The van der Waals surface area contributed by atoms with E-state index in [9.17, 15) is 35.1 Å². The van der Waals surface area contributed by atoms with Gasteiger partial charge in [-0.05, 0) is 6.92 Å². The van der Waals surface area contributed by atoms with Crippen molar-refractivity contribution in [3.05, 3.63) is 23.5 Å². The summed E-state index contributed by atoms with van der Waals surface area (Å²) in [6, 6.07) is 0. The molecular formula is C16H22O11. The lowest BCUT2D eigenvalue weighted by Crippen LogP contribution is -2.60. The van der Waals surface area contributed by atoms with Crippen molar-refractivity contribution in [2.75, 3.05) is 6.61 Å². The highest BCUT2D eigenvalue weighted by Crippen LogP contribution is 2.35. The second kappa shape index (κ2) is 8.78. The quantitative estimate of drug-likeness (QED) is 0.280. The van der Waals surface area contributed by atoms with Gasteiger partial charge in [-0.25, -0.2) is 4.79 Å². The fourth-order valence-corrected chi connectivity index (χ4v) is 2.99. The average molecular weight is 390 g/mol. The molecule has 0 radical (unpaired) electrons. The van der Waals surface area contributed by atoms with Gasteiger partial charge in [0.05, 0.1) is 24.9 Å². The zero-order valence-electron chi connectivity index (χ0n) is 14.3. The number of carboxylic acid groups (broad SMARTS) is 2. The summed E-state index contributed by atoms with van der Waals surface area (Å²) in [4.78, 5) is 22.5. The lowest BCUT2D eigenvalue weighted by molar-refractivity contribution is -0.327. The van der Waals surface area contributed by atoms with Crippen LogP contribution in [-0.4, -0.2) is 86.2 Å². The minimum Gasteiger partial charge on any atom is -0.481 e. The van der Waals surface area contributed by atoms with Gasteiger partial charge in [0.25, 0.3) is 0 Å². The molecule has 0 spiro atoms. The van der Waals surface area contributed by atoms with Crippen LogP contribution >= 0.6 is 0 Å². The fraction of sp³-hybridized carbons (Fsp3) is 0.625. The maximum atomic E-state index is 11.4. The zero-order chi connectivity index (χ0) is 20.3. The number of carbonyl (C=O) groups is 2. The Morgan fingerprint density at radius 1 is 1.19 bits per heavy atom. The largest absolute Gasteiger partial charge is 0.481 e. The molecule has 27 heavy (non-hydrogen) atoms. The van der Waals surface area contributed by atoms with Gasteiger partial charge in [0.15, 0.2) is 6.29 Å². The maximum Gasteiger partial charge on any atom is 0.335 e. The van der Waals surface area contributed by atoms with Crippen LogP contribution in [0.2, 0.25) is 0 Å². The Morgan fingerprint density at radius 3 is 2.37 bits per heavy atom. The van der Waals surface area contributed by atoms with Crippen molar-refractivity contribution in [1.29, 1.82) is 0 Å². The summed E-state index contributed by atoms with van der Waals surface area (Å²) in [7, 11) is 0. The Balaban J connectivity index is 2.25. The molecule has 2 heterocycles. The van der Waals surface area contributed by atoms with Gasteiger partial charge in [0.2, 0.25) is 6.29 Å². The molecule has 0 aromatic rings. The number of hydrogen-bond donors (Lipinski definition) is 6. The van der Waals surface area contributed by atoms with Crippen LogP contribution in [-0.2, 0) is 23.8 Å². The van der Waals surface area contributed by atoms with Gasteiger partial charge in [-0.15, -0.1) is 0 Å². The van der Waals surface area contributed by atoms with E-state index in [1.165, 1.54) is 13.0 Å². The predicted octanol–water partition coefficient (Wildman–Crippen LogP) is -1.84. The first-order valence-corrected chi connectivity index (χ1v) is 8.13. The Morgan fingerprint density at radius 2 is 1.85 bits per heavy atom. The van der Waals surface area contributed by atoms with Crippen molar-refractivity contribution in [2.24, 2.45) is 5.92 Å². The van der Waals surface area contributed by atoms with Crippen LogP contribution in [0.3, 0.4) is 0 Å². The molecule has 152 valence electrons. The highest BCUT2D eigenvalue weighted by molar-refractivity contribution is 5.89. The second-order valence-electron chi connectivity index (χ2n) is 6.12. The molecule has 11 nitrogen and oxygen atoms in total. The van der Waals surface area contributed by atoms with E-state index in [-0.39, 0.29) is 11.1 Å². The Hall–Kier alpha value is -2.02. The summed E-state index contributed by atoms with van der Waals surface area (Å²) in [5.41, 5.74) is -0.103. The predicted molar refractivity (Wildman–Crippen MR) is 84.9 cm³/mol. The van der Waals surface area contributed by atoms with Gasteiger partial charge in [-0.3, -0.25) is 4.79 Å². The van der Waals surface area contributed by atoms with Gasteiger partial charge < -0.3 is 44.8 Å². The van der Waals surface area contributed by atoms with E-state index < -0.39 is 67.9 Å². The summed E-state index contributed by atoms with van der Waals surface area (Å²) < 4.78 is 15.9. The summed E-state index contributed by atoms with van der Waals surface area (Å²) in [5, 5.41) is 57.2. The molecule has 2 aliphatic rings. The first kappa shape index (κ1) is 21.3. The SMILES string of the molecule is C/C=C1\[C@H](O[C@@H]2O[C@H](CO)[C@@H](O)[C@H](O)[C@H]2O)OC=C(C(=O)O)[C@H]1CC(=O)O. The molecule has 1 saturated heterocycles. The number of hydrogen-bond acceptors (Lipinski definition) is 9. The summed E-state index contributed by atoms with van der Waals surface area (Å²) in [6.07, 6.45) is -7.20. The zero-order valence-corrected chi connectivity index (χ0v) is 14.3. The van der Waals surface area contributed by atoms with Crippen LogP contribution in [0, 0.1) is 5.92 Å². The number of ether oxygens (including phenoxy) is 3. The van der Waals surface area contributed by atoms with Crippen LogP contribution in [0.25, 0.3) is 0 Å². The lowest BCUT2D eigenvalue weighted by atomic mass is 9.86. The smallest absolute Gasteiger partial charge is 0.335 e. The maximum absolute atomic E-state index is 11.4. The number of aliphatic hydroxyl groups excluding tert-OH is 4. The molecule has 0 unspecified atom stereocenters. The van der Waals surface area contributed by atoms with Crippen molar-refractivity contribution < 1.29 is 54.4 Å². The molecule has 0 bridgehead atoms. The van der Waals surface area contributed by atoms with Gasteiger partial charge in [-0.2, -0.15) is 0 Å². The summed E-state index contributed by atoms with van der Waals surface area (Å²) >= 11 is 0. The van der Waals surface area contributed by atoms with E-state index in [4.69, 9.17) is 19.3 Å². The standard InChI is InChI=1S/C16H22O11/c1-2-6-7(3-10(18)19)8(14(23)24)5-25-15(6)27-16-13(22)12(21)11(20)9(4-17)26-16/h2,5,7,9,11-13,15-17,20-22H,3-4H2,1H3,(H,18,19)(H,23,24)/b6-2-/t7-,9+,11+,12-,13+,15-,16-/m0/s1. The van der Waals surface area contributed by atoms with Crippen molar-refractivity contribution in [1.82, 2.24) is 0 Å². The third-order valence-corrected chi connectivity index (χ3v) is 4.43. The van der Waals surface area contributed by atoms with Gasteiger partial charge in [0, 0.05) is 11.5 Å². The summed E-state index contributed by atoms with van der Waals surface area (Å²) in [5.74, 6) is -3.64. The molecule has 0 aromatic heterocycles. The topological polar surface area (TPSA) is 183 Å². The van der Waals surface area contributed by atoms with Gasteiger partial charge >= 0.3 is 11.9 Å². The van der Waals surface area contributed by atoms with Crippen LogP contribution in [0.15, 0.2) is 23.5 Å². The fourth-order valence-electron chi connectivity index (χ4n) is 2.99. The Labute approximate surface area is 153 Å². The number of allylic oxidation sites excluding steroid dienone is 1. The van der Waals surface area contributed by atoms with Crippen molar-refractivity contribution >= 4 is 11.9 Å². The van der Waals surface area contributed by atoms with Crippen LogP contribution in [0.5, 0.6) is 0 Å². The van der Waals surface area contributed by atoms with Crippen molar-refractivity contribution in [2.45, 2.75) is 50.3 Å². The average Bonchev–Trinajstić information content (AvgIpc) is 2.61. The molecule has 1 fully saturated rings. The first-order valence-electron chi connectivity index (χ1n) is 8.13. The third-order valence-electron chi connectivity index (χ3n) is 4.43. The monoisotopic (exact) mass is 390 g/mol. The molecule has 2 rings (SSSR count). The number of aliphatic hydroxyl groups is 4. The van der Waals surface area contributed by atoms with E-state index in [0.29, 0.717) is 0 Å². The molecule has 11 heteroatoms. The van der Waals surface area contributed by atoms with E-state index in [1.807, 2.05) is 0 Å². The highest BCUT2D eigenvalue weighted by atomic mass is 16.8. The molecular weight excluding hydrogens is 368 g/mol. The Bertz CT molecular complexity index is 626. The van der Waals surface area contributed by atoms with Gasteiger partial charge in [0.1, 0.15) is 24.4 Å². The van der Waals surface area contributed by atoms with Gasteiger partial charge in [-0.1, -0.05) is 6.08 Å². The van der Waals surface area contributed by atoms with E-state index in [2.05, 4.69) is 0 Å². The molecule has 0 aromatic carbocycles. The molecule has 2 aliphatic heterocycles. The molecule has 0 aliphatic carbocycles. The van der Waals surface area contributed by atoms with E-state index in [0.717, 1.165) is 6.26 Å². The lowest BCUT2D eigenvalue weighted by Gasteiger charge is -2.41. The van der Waals surface area contributed by atoms with Crippen LogP contribution in [0.1, 0.15) is 13.3 Å². The summed E-state index contributed by atoms with van der Waals surface area (Å²) in [6.45, 7) is 0.874. The molecule has 0 saturated carbocycles. The van der Waals surface area contributed by atoms with E-state index in [1.54, 1.807) is 0 Å². The number of aliphatic carboxylic acids is 2. The first-order chi connectivity index (χ1) is 12.7. The van der Waals surface area contributed by atoms with Crippen molar-refractivity contribution in [3.63, 3.8) is 0 Å². The molecule has 0 amide bonds. The molecule has 6 N–H and O–H groups in total. The second-order valence-corrected chi connectivity index (χ2v) is 6.12. The normalized spacial score (nSPS) is 38.2. The van der Waals surface area contributed by atoms with E-state index >= 15 is 0 Å². The minimum absolute atomic E-state index is 0.175. The molecule has 7 atom stereocenters. The van der Waals surface area contributed by atoms with Crippen LogP contribution in [0.4, 0.5) is 0 Å². The Kier molecular flexibility index (Phi) is 6.92. The number of rotatable bonds is 6.